The molecule has 0 aliphatic carbocycles. The lowest BCUT2D eigenvalue weighted by molar-refractivity contribution is 0.0506. The van der Waals surface area contributed by atoms with E-state index < -0.39 is 0 Å². The second-order valence-corrected chi connectivity index (χ2v) is 6.54. The topological polar surface area (TPSA) is 51.0 Å². The molecule has 112 valence electrons. The fraction of sp³-hybridized carbons (Fsp3) is 0.533. The number of hydrogen-bond acceptors (Lipinski definition) is 4. The summed E-state index contributed by atoms with van der Waals surface area (Å²) < 4.78 is 1.83. The molecule has 6 heteroatoms. The Bertz CT molecular complexity index is 614. The van der Waals surface area contributed by atoms with Crippen molar-refractivity contribution >= 4 is 17.2 Å². The zero-order chi connectivity index (χ0) is 14.8. The molecule has 1 aliphatic rings. The summed E-state index contributed by atoms with van der Waals surface area (Å²) in [7, 11) is 0. The van der Waals surface area contributed by atoms with Gasteiger partial charge in [-0.2, -0.15) is 5.10 Å². The summed E-state index contributed by atoms with van der Waals surface area (Å²) in [6.45, 7) is 5.79. The quantitative estimate of drug-likeness (QED) is 0.853. The van der Waals surface area contributed by atoms with Gasteiger partial charge in [0.1, 0.15) is 12.7 Å². The van der Waals surface area contributed by atoms with Gasteiger partial charge in [0.15, 0.2) is 0 Å². The van der Waals surface area contributed by atoms with Gasteiger partial charge in [0.2, 0.25) is 0 Å². The first-order valence-electron chi connectivity index (χ1n) is 7.47. The van der Waals surface area contributed by atoms with E-state index in [1.54, 1.807) is 17.7 Å². The standard InChI is InChI=1S/C15H20N4OS/c1-3-5-13-11(4-2)6-14(21-13)15(20)18-7-12(8-18)19-10-16-9-17-19/h6,9-10,12H,3-5,7-8H2,1-2H3. The van der Waals surface area contributed by atoms with Crippen LogP contribution in [0, 0.1) is 0 Å². The zero-order valence-electron chi connectivity index (χ0n) is 12.5. The summed E-state index contributed by atoms with van der Waals surface area (Å²) in [4.78, 5) is 20.6. The van der Waals surface area contributed by atoms with E-state index in [1.165, 1.54) is 16.8 Å². The Hall–Kier alpha value is -1.69. The zero-order valence-corrected chi connectivity index (χ0v) is 13.3. The number of hydrogen-bond donors (Lipinski definition) is 0. The molecule has 0 aromatic carbocycles. The Morgan fingerprint density at radius 2 is 2.24 bits per heavy atom. The Balaban J connectivity index is 1.66. The average Bonchev–Trinajstić information content (AvgIpc) is 3.06. The van der Waals surface area contributed by atoms with Gasteiger partial charge in [-0.25, -0.2) is 9.67 Å². The molecule has 0 unspecified atom stereocenters. The number of likely N-dealkylation sites (tertiary alicyclic amines) is 1. The third-order valence-corrected chi connectivity index (χ3v) is 5.15. The van der Waals surface area contributed by atoms with Gasteiger partial charge in [-0.1, -0.05) is 20.3 Å². The molecule has 0 atom stereocenters. The molecule has 1 fully saturated rings. The predicted molar refractivity (Wildman–Crippen MR) is 82.7 cm³/mol. The van der Waals surface area contributed by atoms with E-state index in [0.29, 0.717) is 0 Å². The first kappa shape index (κ1) is 14.3. The van der Waals surface area contributed by atoms with Crippen LogP contribution in [0.4, 0.5) is 0 Å². The van der Waals surface area contributed by atoms with Crippen LogP contribution in [0.5, 0.6) is 0 Å². The van der Waals surface area contributed by atoms with Gasteiger partial charge in [-0.15, -0.1) is 11.3 Å². The van der Waals surface area contributed by atoms with Crippen molar-refractivity contribution in [2.45, 2.75) is 39.2 Å². The number of amides is 1. The molecule has 0 N–H and O–H groups in total. The normalized spacial score (nSPS) is 15.2. The van der Waals surface area contributed by atoms with Gasteiger partial charge < -0.3 is 4.90 Å². The molecule has 0 spiro atoms. The minimum absolute atomic E-state index is 0.161. The highest BCUT2D eigenvalue weighted by Crippen LogP contribution is 2.29. The van der Waals surface area contributed by atoms with Gasteiger partial charge in [-0.3, -0.25) is 4.79 Å². The molecule has 21 heavy (non-hydrogen) atoms. The van der Waals surface area contributed by atoms with Crippen molar-refractivity contribution in [3.8, 4) is 0 Å². The summed E-state index contributed by atoms with van der Waals surface area (Å²) in [5.74, 6) is 0.161. The number of rotatable bonds is 5. The van der Waals surface area contributed by atoms with Crippen molar-refractivity contribution in [3.05, 3.63) is 34.0 Å². The van der Waals surface area contributed by atoms with Crippen LogP contribution < -0.4 is 0 Å². The third kappa shape index (κ3) is 2.72. The second kappa shape index (κ2) is 5.97. The maximum absolute atomic E-state index is 12.5. The molecule has 0 radical (unpaired) electrons. The molecule has 0 bridgehead atoms. The highest BCUT2D eigenvalue weighted by Gasteiger charge is 2.33. The Morgan fingerprint density at radius 1 is 1.43 bits per heavy atom. The van der Waals surface area contributed by atoms with Crippen LogP contribution in [0.3, 0.4) is 0 Å². The molecule has 0 saturated carbocycles. The fourth-order valence-electron chi connectivity index (χ4n) is 2.66. The van der Waals surface area contributed by atoms with Crippen molar-refractivity contribution in [2.75, 3.05) is 13.1 Å². The summed E-state index contributed by atoms with van der Waals surface area (Å²) in [5.41, 5.74) is 1.33. The molecular weight excluding hydrogens is 284 g/mol. The van der Waals surface area contributed by atoms with E-state index in [9.17, 15) is 4.79 Å². The third-order valence-electron chi connectivity index (χ3n) is 3.93. The largest absolute Gasteiger partial charge is 0.334 e. The van der Waals surface area contributed by atoms with Gasteiger partial charge >= 0.3 is 0 Å². The molecule has 2 aromatic heterocycles. The van der Waals surface area contributed by atoms with Gasteiger partial charge in [0.25, 0.3) is 5.91 Å². The van der Waals surface area contributed by atoms with Crippen LogP contribution in [0.15, 0.2) is 18.7 Å². The van der Waals surface area contributed by atoms with Crippen molar-refractivity contribution in [1.82, 2.24) is 19.7 Å². The van der Waals surface area contributed by atoms with Crippen LogP contribution in [0.1, 0.15) is 46.4 Å². The molecule has 1 amide bonds. The molecule has 3 rings (SSSR count). The first-order chi connectivity index (χ1) is 10.2. The van der Waals surface area contributed by atoms with Gasteiger partial charge in [-0.05, 0) is 24.5 Å². The second-order valence-electron chi connectivity index (χ2n) is 5.40. The molecule has 2 aromatic rings. The minimum Gasteiger partial charge on any atom is -0.334 e. The fourth-order valence-corrected chi connectivity index (χ4v) is 3.98. The highest BCUT2D eigenvalue weighted by atomic mass is 32.1. The van der Waals surface area contributed by atoms with E-state index in [-0.39, 0.29) is 11.9 Å². The predicted octanol–water partition coefficient (Wildman–Crippen LogP) is 2.55. The maximum atomic E-state index is 12.5. The summed E-state index contributed by atoms with van der Waals surface area (Å²) in [6, 6.07) is 2.36. The van der Waals surface area contributed by atoms with Crippen LogP contribution in [-0.2, 0) is 12.8 Å². The van der Waals surface area contributed by atoms with Crippen molar-refractivity contribution < 1.29 is 4.79 Å². The first-order valence-corrected chi connectivity index (χ1v) is 8.29. The van der Waals surface area contributed by atoms with E-state index in [2.05, 4.69) is 30.0 Å². The van der Waals surface area contributed by atoms with Gasteiger partial charge in [0, 0.05) is 18.0 Å². The van der Waals surface area contributed by atoms with E-state index in [1.807, 2.05) is 9.58 Å². The summed E-state index contributed by atoms with van der Waals surface area (Å²) >= 11 is 1.67. The van der Waals surface area contributed by atoms with E-state index >= 15 is 0 Å². The molecule has 1 aliphatic heterocycles. The Labute approximate surface area is 128 Å². The SMILES string of the molecule is CCCc1sc(C(=O)N2CC(n3cncn3)C2)cc1CC. The van der Waals surface area contributed by atoms with Crippen LogP contribution in [0.25, 0.3) is 0 Å². The van der Waals surface area contributed by atoms with Gasteiger partial charge in [0.05, 0.1) is 10.9 Å². The smallest absolute Gasteiger partial charge is 0.264 e. The highest BCUT2D eigenvalue weighted by molar-refractivity contribution is 7.14. The molecule has 5 nitrogen and oxygen atoms in total. The lowest BCUT2D eigenvalue weighted by atomic mass is 10.1. The maximum Gasteiger partial charge on any atom is 0.264 e. The minimum atomic E-state index is 0.161. The number of carbonyl (C=O) groups excluding carboxylic acids is 1. The number of thiophene rings is 1. The van der Waals surface area contributed by atoms with E-state index in [4.69, 9.17) is 0 Å². The monoisotopic (exact) mass is 304 g/mol. The summed E-state index contributed by atoms with van der Waals surface area (Å²) in [6.07, 6.45) is 6.45. The number of aromatic nitrogens is 3. The average molecular weight is 304 g/mol. The molecular formula is C15H20N4OS. The Morgan fingerprint density at radius 3 is 2.86 bits per heavy atom. The summed E-state index contributed by atoms with van der Waals surface area (Å²) in [5, 5.41) is 4.13. The van der Waals surface area contributed by atoms with Crippen molar-refractivity contribution in [1.29, 1.82) is 0 Å². The van der Waals surface area contributed by atoms with E-state index in [0.717, 1.165) is 37.2 Å². The molecule has 1 saturated heterocycles. The van der Waals surface area contributed by atoms with Crippen LogP contribution in [-0.4, -0.2) is 38.7 Å². The van der Waals surface area contributed by atoms with Crippen molar-refractivity contribution in [3.63, 3.8) is 0 Å². The Kier molecular flexibility index (Phi) is 4.05. The lowest BCUT2D eigenvalue weighted by Gasteiger charge is -2.38. The molecule has 3 heterocycles. The number of carbonyl (C=O) groups is 1. The number of nitrogens with zero attached hydrogens (tertiary/aromatic N) is 4. The van der Waals surface area contributed by atoms with Crippen molar-refractivity contribution in [2.24, 2.45) is 0 Å². The lowest BCUT2D eigenvalue weighted by Crippen LogP contribution is -2.50. The van der Waals surface area contributed by atoms with Crippen LogP contribution >= 0.6 is 11.3 Å². The van der Waals surface area contributed by atoms with Crippen LogP contribution in [0.2, 0.25) is 0 Å². The number of aryl methyl sites for hydroxylation is 2.